The first-order valence-electron chi connectivity index (χ1n) is 7.90. The van der Waals surface area contributed by atoms with E-state index in [2.05, 4.69) is 38.1 Å². The van der Waals surface area contributed by atoms with Crippen LogP contribution in [0.3, 0.4) is 0 Å². The lowest BCUT2D eigenvalue weighted by Gasteiger charge is -2.27. The predicted molar refractivity (Wildman–Crippen MR) is 79.2 cm³/mol. The van der Waals surface area contributed by atoms with Crippen LogP contribution in [0.1, 0.15) is 56.6 Å². The second kappa shape index (κ2) is 5.28. The van der Waals surface area contributed by atoms with Gasteiger partial charge in [0.1, 0.15) is 0 Å². The zero-order chi connectivity index (χ0) is 13.4. The number of aliphatic hydroxyl groups excluding tert-OH is 1. The molecular formula is C18H26O. The minimum Gasteiger partial charge on any atom is -0.392 e. The zero-order valence-corrected chi connectivity index (χ0v) is 12.2. The predicted octanol–water partition coefficient (Wildman–Crippen LogP) is 4.15. The van der Waals surface area contributed by atoms with Gasteiger partial charge < -0.3 is 5.11 Å². The van der Waals surface area contributed by atoms with E-state index in [4.69, 9.17) is 0 Å². The van der Waals surface area contributed by atoms with Crippen molar-refractivity contribution in [2.24, 2.45) is 17.8 Å². The molecule has 0 aliphatic heterocycles. The Labute approximate surface area is 117 Å². The van der Waals surface area contributed by atoms with E-state index < -0.39 is 0 Å². The fraction of sp³-hybridized carbons (Fsp3) is 0.667. The highest BCUT2D eigenvalue weighted by Gasteiger charge is 2.42. The fourth-order valence-electron chi connectivity index (χ4n) is 4.20. The zero-order valence-electron chi connectivity index (χ0n) is 12.2. The van der Waals surface area contributed by atoms with Crippen LogP contribution in [0.25, 0.3) is 0 Å². The highest BCUT2D eigenvalue weighted by Crippen LogP contribution is 2.49. The van der Waals surface area contributed by atoms with E-state index in [9.17, 15) is 5.11 Å². The second-order valence-electron chi connectivity index (χ2n) is 7.01. The third-order valence-corrected chi connectivity index (χ3v) is 5.38. The Kier molecular flexibility index (Phi) is 3.66. The Balaban J connectivity index is 1.61. The molecular weight excluding hydrogens is 232 g/mol. The minimum absolute atomic E-state index is 0.125. The van der Waals surface area contributed by atoms with E-state index in [0.29, 0.717) is 11.8 Å². The van der Waals surface area contributed by atoms with Crippen LogP contribution < -0.4 is 0 Å². The van der Waals surface area contributed by atoms with Gasteiger partial charge in [-0.25, -0.2) is 0 Å². The number of benzene rings is 1. The lowest BCUT2D eigenvalue weighted by Crippen LogP contribution is -2.27. The van der Waals surface area contributed by atoms with Gasteiger partial charge in [0.15, 0.2) is 0 Å². The summed E-state index contributed by atoms with van der Waals surface area (Å²) in [5.41, 5.74) is 2.68. The Morgan fingerprint density at radius 3 is 2.37 bits per heavy atom. The number of hydrogen-bond acceptors (Lipinski definition) is 1. The molecule has 1 nitrogen and oxygen atoms in total. The summed E-state index contributed by atoms with van der Waals surface area (Å²) in [4.78, 5) is 0. The third kappa shape index (κ3) is 2.72. The van der Waals surface area contributed by atoms with Gasteiger partial charge in [-0.2, -0.15) is 0 Å². The van der Waals surface area contributed by atoms with E-state index in [1.54, 1.807) is 0 Å². The number of aliphatic hydroxyl groups is 1. The quantitative estimate of drug-likeness (QED) is 0.860. The average Bonchev–Trinajstić information content (AvgIpc) is 3.01. The lowest BCUT2D eigenvalue weighted by molar-refractivity contribution is 0.0751. The van der Waals surface area contributed by atoms with Gasteiger partial charge in [-0.15, -0.1) is 0 Å². The molecule has 3 rings (SSSR count). The van der Waals surface area contributed by atoms with Gasteiger partial charge in [0.25, 0.3) is 0 Å². The van der Waals surface area contributed by atoms with Crippen molar-refractivity contribution in [2.45, 2.75) is 58.0 Å². The summed E-state index contributed by atoms with van der Waals surface area (Å²) < 4.78 is 0. The molecule has 19 heavy (non-hydrogen) atoms. The average molecular weight is 258 g/mol. The molecule has 1 aromatic rings. The smallest absolute Gasteiger partial charge is 0.0611 e. The van der Waals surface area contributed by atoms with Gasteiger partial charge in [0, 0.05) is 0 Å². The summed E-state index contributed by atoms with van der Waals surface area (Å²) in [5.74, 6) is 2.90. The Bertz CT molecular complexity index is 420. The van der Waals surface area contributed by atoms with Crippen LogP contribution in [0.2, 0.25) is 0 Å². The molecule has 2 aliphatic carbocycles. The van der Waals surface area contributed by atoms with Crippen molar-refractivity contribution in [1.29, 1.82) is 0 Å². The lowest BCUT2D eigenvalue weighted by atomic mass is 9.82. The monoisotopic (exact) mass is 258 g/mol. The number of hydrogen-bond donors (Lipinski definition) is 1. The van der Waals surface area contributed by atoms with E-state index in [0.717, 1.165) is 18.3 Å². The summed E-state index contributed by atoms with van der Waals surface area (Å²) in [5, 5.41) is 10.5. The summed E-state index contributed by atoms with van der Waals surface area (Å²) in [6, 6.07) is 8.83. The van der Waals surface area contributed by atoms with Crippen molar-refractivity contribution >= 4 is 0 Å². The molecule has 1 heteroatoms. The first-order chi connectivity index (χ1) is 9.13. The molecule has 2 aliphatic rings. The normalized spacial score (nSPS) is 31.1. The first-order valence-corrected chi connectivity index (χ1v) is 7.90. The molecule has 2 bridgehead atoms. The Morgan fingerprint density at radius 1 is 1.11 bits per heavy atom. The van der Waals surface area contributed by atoms with Gasteiger partial charge in [0.05, 0.1) is 6.10 Å². The van der Waals surface area contributed by atoms with Crippen molar-refractivity contribution in [3.05, 3.63) is 35.4 Å². The summed E-state index contributed by atoms with van der Waals surface area (Å²) >= 11 is 0. The van der Waals surface area contributed by atoms with Gasteiger partial charge in [-0.05, 0) is 60.5 Å². The van der Waals surface area contributed by atoms with Crippen LogP contribution in [-0.4, -0.2) is 11.2 Å². The van der Waals surface area contributed by atoms with Gasteiger partial charge in [-0.3, -0.25) is 0 Å². The molecule has 2 fully saturated rings. The fourth-order valence-corrected chi connectivity index (χ4v) is 4.20. The van der Waals surface area contributed by atoms with Crippen LogP contribution in [0.15, 0.2) is 24.3 Å². The number of rotatable bonds is 4. The van der Waals surface area contributed by atoms with E-state index in [1.807, 2.05) is 0 Å². The molecule has 0 amide bonds. The summed E-state index contributed by atoms with van der Waals surface area (Å²) in [6.07, 6.45) is 6.14. The molecule has 0 heterocycles. The van der Waals surface area contributed by atoms with Crippen LogP contribution in [-0.2, 0) is 6.42 Å². The maximum Gasteiger partial charge on any atom is 0.0611 e. The first kappa shape index (κ1) is 13.2. The SMILES string of the molecule is CC(C)c1ccc(CC(O)C2CC3CCC2C3)cc1. The molecule has 4 unspecified atom stereocenters. The largest absolute Gasteiger partial charge is 0.392 e. The van der Waals surface area contributed by atoms with Crippen molar-refractivity contribution in [1.82, 2.24) is 0 Å². The topological polar surface area (TPSA) is 20.2 Å². The molecule has 2 saturated carbocycles. The Hall–Kier alpha value is -0.820. The highest BCUT2D eigenvalue weighted by atomic mass is 16.3. The summed E-state index contributed by atoms with van der Waals surface area (Å²) in [6.45, 7) is 4.44. The molecule has 0 aromatic heterocycles. The molecule has 4 atom stereocenters. The molecule has 1 N–H and O–H groups in total. The van der Waals surface area contributed by atoms with Crippen molar-refractivity contribution in [3.63, 3.8) is 0 Å². The Morgan fingerprint density at radius 2 is 1.84 bits per heavy atom. The van der Waals surface area contributed by atoms with Gasteiger partial charge in [0.2, 0.25) is 0 Å². The van der Waals surface area contributed by atoms with Crippen molar-refractivity contribution < 1.29 is 5.11 Å². The van der Waals surface area contributed by atoms with Crippen LogP contribution in [0.4, 0.5) is 0 Å². The molecule has 1 aromatic carbocycles. The second-order valence-corrected chi connectivity index (χ2v) is 7.01. The van der Waals surface area contributed by atoms with E-state index >= 15 is 0 Å². The van der Waals surface area contributed by atoms with E-state index in [1.165, 1.54) is 36.8 Å². The molecule has 104 valence electrons. The van der Waals surface area contributed by atoms with Crippen molar-refractivity contribution in [3.8, 4) is 0 Å². The highest BCUT2D eigenvalue weighted by molar-refractivity contribution is 5.25. The van der Waals surface area contributed by atoms with Gasteiger partial charge in [-0.1, -0.05) is 44.5 Å². The standard InChI is InChI=1S/C18H26O/c1-12(2)15-6-3-13(4-7-15)11-18(19)17-10-14-5-8-16(17)9-14/h3-4,6-7,12,14,16-19H,5,8-11H2,1-2H3. The minimum atomic E-state index is -0.125. The molecule has 0 saturated heterocycles. The number of fused-ring (bicyclic) bond motifs is 2. The molecule has 0 spiro atoms. The van der Waals surface area contributed by atoms with Gasteiger partial charge >= 0.3 is 0 Å². The van der Waals surface area contributed by atoms with Crippen LogP contribution >= 0.6 is 0 Å². The maximum atomic E-state index is 10.5. The summed E-state index contributed by atoms with van der Waals surface area (Å²) in [7, 11) is 0. The van der Waals surface area contributed by atoms with Crippen LogP contribution in [0, 0.1) is 17.8 Å². The van der Waals surface area contributed by atoms with E-state index in [-0.39, 0.29) is 6.10 Å². The maximum absolute atomic E-state index is 10.5. The van der Waals surface area contributed by atoms with Crippen LogP contribution in [0.5, 0.6) is 0 Å². The van der Waals surface area contributed by atoms with Crippen molar-refractivity contribution in [2.75, 3.05) is 0 Å². The molecule has 0 radical (unpaired) electrons. The third-order valence-electron chi connectivity index (χ3n) is 5.38.